The Morgan fingerprint density at radius 3 is 2.42 bits per heavy atom. The highest BCUT2D eigenvalue weighted by Crippen LogP contribution is 2.27. The number of ether oxygens (including phenoxy) is 3. The third-order valence-corrected chi connectivity index (χ3v) is 7.78. The summed E-state index contributed by atoms with van der Waals surface area (Å²) in [7, 11) is 1.44. The molecule has 1 N–H and O–H groups in total. The summed E-state index contributed by atoms with van der Waals surface area (Å²) in [5.74, 6) is -1.000. The van der Waals surface area contributed by atoms with Crippen LogP contribution in [0.3, 0.4) is 0 Å². The summed E-state index contributed by atoms with van der Waals surface area (Å²) in [4.78, 5) is 26.2. The van der Waals surface area contributed by atoms with Gasteiger partial charge in [0.25, 0.3) is 0 Å². The molecular weight excluding hydrogens is 504 g/mol. The topological polar surface area (TPSA) is 82.1 Å². The van der Waals surface area contributed by atoms with E-state index in [0.29, 0.717) is 12.8 Å². The lowest BCUT2D eigenvalue weighted by Gasteiger charge is -2.29. The van der Waals surface area contributed by atoms with Gasteiger partial charge in [0.2, 0.25) is 5.76 Å². The van der Waals surface area contributed by atoms with Crippen LogP contribution in [0.5, 0.6) is 0 Å². The van der Waals surface area contributed by atoms with Crippen molar-refractivity contribution < 1.29 is 28.9 Å². The number of aliphatic hydroxyl groups excluding tert-OH is 1. The predicted molar refractivity (Wildman–Crippen MR) is 162 cm³/mol. The van der Waals surface area contributed by atoms with Crippen LogP contribution < -0.4 is 0 Å². The number of rotatable bonds is 9. The Morgan fingerprint density at radius 1 is 1.20 bits per heavy atom. The number of hydrogen-bond donors (Lipinski definition) is 1. The SMILES string of the molecule is C=CC(C)C(OC(=O)[C@@H](C)C[C@H](C)[C@@H]1C/C=C/C=C(\C)C[C@H](C)C(O)[C@H](C)/C=C(C)/C=C(\OC)C(=O)O1)C(C)C. The molecular formula is C34H54O6. The van der Waals surface area contributed by atoms with Crippen LogP contribution in [-0.4, -0.2) is 42.5 Å². The average Bonchev–Trinajstić information content (AvgIpc) is 2.89. The monoisotopic (exact) mass is 558 g/mol. The fraction of sp³-hybridized carbons (Fsp3) is 0.647. The molecule has 226 valence electrons. The van der Waals surface area contributed by atoms with E-state index in [-0.39, 0.29) is 53.3 Å². The summed E-state index contributed by atoms with van der Waals surface area (Å²) in [6.45, 7) is 21.7. The first-order valence-corrected chi connectivity index (χ1v) is 14.7. The molecule has 0 bridgehead atoms. The molecule has 1 aliphatic rings. The predicted octanol–water partition coefficient (Wildman–Crippen LogP) is 7.36. The summed E-state index contributed by atoms with van der Waals surface area (Å²) >= 11 is 0. The van der Waals surface area contributed by atoms with E-state index in [0.717, 1.165) is 17.6 Å². The second-order valence-electron chi connectivity index (χ2n) is 12.1. The van der Waals surface area contributed by atoms with Crippen LogP contribution in [0.4, 0.5) is 0 Å². The van der Waals surface area contributed by atoms with Crippen molar-refractivity contribution in [1.82, 2.24) is 0 Å². The molecule has 0 spiro atoms. The highest BCUT2D eigenvalue weighted by Gasteiger charge is 2.30. The van der Waals surface area contributed by atoms with Crippen molar-refractivity contribution in [1.29, 1.82) is 0 Å². The zero-order valence-corrected chi connectivity index (χ0v) is 26.5. The molecule has 1 aliphatic heterocycles. The minimum absolute atomic E-state index is 0.0512. The molecule has 0 amide bonds. The molecule has 6 nitrogen and oxygen atoms in total. The smallest absolute Gasteiger partial charge is 0.373 e. The lowest BCUT2D eigenvalue weighted by molar-refractivity contribution is -0.159. The highest BCUT2D eigenvalue weighted by molar-refractivity contribution is 5.87. The molecule has 1 heterocycles. The van der Waals surface area contributed by atoms with E-state index in [1.54, 1.807) is 6.08 Å². The Labute approximate surface area is 243 Å². The van der Waals surface area contributed by atoms with Gasteiger partial charge in [0, 0.05) is 18.3 Å². The van der Waals surface area contributed by atoms with Gasteiger partial charge in [-0.1, -0.05) is 90.0 Å². The van der Waals surface area contributed by atoms with Crippen LogP contribution in [0.2, 0.25) is 0 Å². The lowest BCUT2D eigenvalue weighted by Crippen LogP contribution is -2.33. The molecule has 0 aliphatic carbocycles. The van der Waals surface area contributed by atoms with Gasteiger partial charge in [-0.25, -0.2) is 4.79 Å². The van der Waals surface area contributed by atoms with E-state index in [1.165, 1.54) is 7.11 Å². The van der Waals surface area contributed by atoms with Crippen molar-refractivity contribution in [3.05, 3.63) is 59.9 Å². The van der Waals surface area contributed by atoms with Crippen molar-refractivity contribution in [3.8, 4) is 0 Å². The van der Waals surface area contributed by atoms with E-state index in [1.807, 2.05) is 85.8 Å². The van der Waals surface area contributed by atoms with E-state index >= 15 is 0 Å². The standard InChI is InChI=1S/C34H54O6/c1-12-24(6)32(21(2)3)40-33(36)28(10)20-25(7)29-16-14-13-15-22(4)17-26(8)31(35)27(9)18-23(5)19-30(38-11)34(37)39-29/h12-15,18-19,21,24-29,31-32,35H,1,16-17,20H2,2-11H3/b14-13+,22-15+,23-18+,30-19-/t24?,25-,26-,27+,28-,29-,31?,32?/m0/s1. The molecule has 0 saturated heterocycles. The molecule has 0 aromatic heterocycles. The van der Waals surface area contributed by atoms with Gasteiger partial charge in [-0.05, 0) is 50.5 Å². The van der Waals surface area contributed by atoms with Crippen molar-refractivity contribution in [2.24, 2.45) is 35.5 Å². The Morgan fingerprint density at radius 2 is 1.85 bits per heavy atom. The largest absolute Gasteiger partial charge is 0.490 e. The summed E-state index contributed by atoms with van der Waals surface area (Å²) < 4.78 is 17.2. The van der Waals surface area contributed by atoms with Gasteiger partial charge in [0.05, 0.1) is 19.1 Å². The van der Waals surface area contributed by atoms with Gasteiger partial charge in [-0.2, -0.15) is 0 Å². The molecule has 0 radical (unpaired) electrons. The van der Waals surface area contributed by atoms with Crippen molar-refractivity contribution in [2.45, 2.75) is 99.9 Å². The molecule has 8 atom stereocenters. The Kier molecular flexibility index (Phi) is 15.3. The summed E-state index contributed by atoms with van der Waals surface area (Å²) in [5, 5.41) is 10.8. The van der Waals surface area contributed by atoms with Crippen LogP contribution in [-0.2, 0) is 23.8 Å². The number of aliphatic hydroxyl groups is 1. The molecule has 0 aromatic carbocycles. The van der Waals surface area contributed by atoms with E-state index in [4.69, 9.17) is 14.2 Å². The number of hydrogen-bond acceptors (Lipinski definition) is 6. The van der Waals surface area contributed by atoms with Crippen molar-refractivity contribution >= 4 is 11.9 Å². The minimum Gasteiger partial charge on any atom is -0.490 e. The first-order valence-electron chi connectivity index (χ1n) is 14.7. The minimum atomic E-state index is -0.559. The quantitative estimate of drug-likeness (QED) is 0.235. The van der Waals surface area contributed by atoms with E-state index < -0.39 is 18.2 Å². The molecule has 0 aromatic rings. The zero-order valence-electron chi connectivity index (χ0n) is 26.5. The van der Waals surface area contributed by atoms with Gasteiger partial charge >= 0.3 is 11.9 Å². The maximum Gasteiger partial charge on any atom is 0.373 e. The Bertz CT molecular complexity index is 955. The lowest BCUT2D eigenvalue weighted by atomic mass is 9.87. The van der Waals surface area contributed by atoms with Crippen molar-refractivity contribution in [3.63, 3.8) is 0 Å². The molecule has 40 heavy (non-hydrogen) atoms. The highest BCUT2D eigenvalue weighted by atomic mass is 16.6. The third-order valence-electron chi connectivity index (χ3n) is 7.78. The van der Waals surface area contributed by atoms with E-state index in [2.05, 4.69) is 13.5 Å². The summed E-state index contributed by atoms with van der Waals surface area (Å²) in [6, 6.07) is 0. The number of carbonyl (C=O) groups is 2. The number of allylic oxidation sites excluding steroid dienone is 5. The fourth-order valence-corrected chi connectivity index (χ4v) is 5.26. The second-order valence-corrected chi connectivity index (χ2v) is 12.1. The second kappa shape index (κ2) is 17.3. The summed E-state index contributed by atoms with van der Waals surface area (Å²) in [5.41, 5.74) is 1.97. The Hall–Kier alpha value is -2.60. The first kappa shape index (κ1) is 35.4. The van der Waals surface area contributed by atoms with Gasteiger partial charge < -0.3 is 19.3 Å². The molecule has 1 rings (SSSR count). The molecule has 6 heteroatoms. The van der Waals surface area contributed by atoms with Crippen molar-refractivity contribution in [2.75, 3.05) is 7.11 Å². The molecule has 0 saturated carbocycles. The van der Waals surface area contributed by atoms with Crippen LogP contribution in [0, 0.1) is 35.5 Å². The normalized spacial score (nSPS) is 31.1. The summed E-state index contributed by atoms with van der Waals surface area (Å²) in [6.07, 6.45) is 12.0. The average molecular weight is 559 g/mol. The zero-order chi connectivity index (χ0) is 30.6. The van der Waals surface area contributed by atoms with Crippen LogP contribution in [0.15, 0.2) is 59.9 Å². The van der Waals surface area contributed by atoms with Gasteiger partial charge in [-0.15, -0.1) is 6.58 Å². The Balaban J connectivity index is 3.22. The van der Waals surface area contributed by atoms with Gasteiger partial charge in [0.15, 0.2) is 0 Å². The third kappa shape index (κ3) is 11.5. The molecule has 0 fully saturated rings. The first-order chi connectivity index (χ1) is 18.7. The van der Waals surface area contributed by atoms with Gasteiger partial charge in [-0.3, -0.25) is 4.79 Å². The van der Waals surface area contributed by atoms with Crippen LogP contribution in [0.25, 0.3) is 0 Å². The number of esters is 2. The maximum absolute atomic E-state index is 13.2. The number of cyclic esters (lactones) is 1. The van der Waals surface area contributed by atoms with E-state index in [9.17, 15) is 14.7 Å². The van der Waals surface area contributed by atoms with Crippen LogP contribution >= 0.6 is 0 Å². The maximum atomic E-state index is 13.2. The fourth-order valence-electron chi connectivity index (χ4n) is 5.26. The number of methoxy groups -OCH3 is 1. The van der Waals surface area contributed by atoms with Gasteiger partial charge in [0.1, 0.15) is 12.2 Å². The van der Waals surface area contributed by atoms with Crippen LogP contribution in [0.1, 0.15) is 81.6 Å². The number of carbonyl (C=O) groups excluding carboxylic acids is 2. The molecule has 3 unspecified atom stereocenters.